The molecule has 1 heterocycles. The van der Waals surface area contributed by atoms with Crippen molar-refractivity contribution < 1.29 is 33.1 Å². The molecule has 8 heteroatoms. The number of aliphatic hydroxyl groups is 1. The average Bonchev–Trinajstić information content (AvgIpc) is 2.26. The Morgan fingerprint density at radius 2 is 2.23 bits per heavy atom. The van der Waals surface area contributed by atoms with Gasteiger partial charge in [0.05, 0.1) is 6.61 Å². The molecule has 1 saturated heterocycles. The van der Waals surface area contributed by atoms with Crippen molar-refractivity contribution in [1.29, 1.82) is 0 Å². The molecule has 1 fully saturated rings. The maximum atomic E-state index is 12.8. The van der Waals surface area contributed by atoms with E-state index in [2.05, 4.69) is 9.26 Å². The fourth-order valence-corrected chi connectivity index (χ4v) is 1.49. The van der Waals surface area contributed by atoms with E-state index in [0.717, 1.165) is 0 Å². The average molecular weight is 216 g/mol. The van der Waals surface area contributed by atoms with E-state index in [-0.39, 0.29) is 6.42 Å². The van der Waals surface area contributed by atoms with Crippen molar-refractivity contribution in [2.24, 2.45) is 0 Å². The minimum Gasteiger partial charge on any atom is -0.394 e. The van der Waals surface area contributed by atoms with Crippen LogP contribution in [0.2, 0.25) is 0 Å². The second-order valence-electron chi connectivity index (χ2n) is 2.63. The summed E-state index contributed by atoms with van der Waals surface area (Å²) in [6, 6.07) is 0. The molecule has 0 radical (unpaired) electrons. The molecule has 0 saturated carbocycles. The fourth-order valence-electron chi connectivity index (χ4n) is 1.05. The molecule has 0 aromatic carbocycles. The minimum absolute atomic E-state index is 0.281. The van der Waals surface area contributed by atoms with Crippen LogP contribution in [0.1, 0.15) is 6.42 Å². The number of alkyl halides is 1. The van der Waals surface area contributed by atoms with Crippen LogP contribution in [0.3, 0.4) is 0 Å². The van der Waals surface area contributed by atoms with Crippen LogP contribution in [0, 0.1) is 0 Å². The van der Waals surface area contributed by atoms with Gasteiger partial charge in [-0.1, -0.05) is 0 Å². The van der Waals surface area contributed by atoms with Crippen LogP contribution >= 0.6 is 7.82 Å². The maximum Gasteiger partial charge on any atom is 0.471 e. The Morgan fingerprint density at radius 3 is 2.62 bits per heavy atom. The topological polar surface area (TPSA) is 96.2 Å². The van der Waals surface area contributed by atoms with Gasteiger partial charge in [-0.05, 0) is 0 Å². The van der Waals surface area contributed by atoms with Crippen molar-refractivity contribution in [2.45, 2.75) is 25.0 Å². The van der Waals surface area contributed by atoms with E-state index in [1.165, 1.54) is 0 Å². The smallest absolute Gasteiger partial charge is 0.394 e. The molecule has 3 atom stereocenters. The summed E-state index contributed by atoms with van der Waals surface area (Å²) in [5.41, 5.74) is 0. The van der Waals surface area contributed by atoms with Gasteiger partial charge in [-0.2, -0.15) is 0 Å². The molecule has 13 heavy (non-hydrogen) atoms. The maximum absolute atomic E-state index is 12.8. The van der Waals surface area contributed by atoms with E-state index >= 15 is 0 Å². The summed E-state index contributed by atoms with van der Waals surface area (Å²) in [6.45, 7) is -0.539. The Kier molecular flexibility index (Phi) is 3.39. The second kappa shape index (κ2) is 4.00. The molecule has 0 aliphatic carbocycles. The molecule has 0 aromatic rings. The molecule has 3 N–H and O–H groups in total. The van der Waals surface area contributed by atoms with E-state index < -0.39 is 33.0 Å². The highest BCUT2D eigenvalue weighted by atomic mass is 31.2. The standard InChI is InChI=1S/C5H10FO6P/c6-3-1-5(11-4(3)2-7)12-13(8,9)10/h3-5,7H,1-2H2,(H2,8,9,10)/t3-,4+,5?/m0/s1. The van der Waals surface area contributed by atoms with Crippen LogP contribution in [0.4, 0.5) is 4.39 Å². The molecule has 6 nitrogen and oxygen atoms in total. The lowest BCUT2D eigenvalue weighted by molar-refractivity contribution is -0.0988. The molecule has 1 unspecified atom stereocenters. The summed E-state index contributed by atoms with van der Waals surface area (Å²) in [5.74, 6) is 0. The van der Waals surface area contributed by atoms with E-state index in [4.69, 9.17) is 14.9 Å². The van der Waals surface area contributed by atoms with Crippen molar-refractivity contribution in [3.05, 3.63) is 0 Å². The summed E-state index contributed by atoms with van der Waals surface area (Å²) in [7, 11) is -4.65. The van der Waals surface area contributed by atoms with Crippen LogP contribution in [0.15, 0.2) is 0 Å². The Morgan fingerprint density at radius 1 is 1.62 bits per heavy atom. The van der Waals surface area contributed by atoms with E-state index in [9.17, 15) is 8.96 Å². The lowest BCUT2D eigenvalue weighted by atomic mass is 10.2. The number of hydrogen-bond donors (Lipinski definition) is 3. The lowest BCUT2D eigenvalue weighted by Gasteiger charge is -2.12. The molecule has 1 rings (SSSR count). The Labute approximate surface area is 73.5 Å². The van der Waals surface area contributed by atoms with Gasteiger partial charge in [0.2, 0.25) is 0 Å². The van der Waals surface area contributed by atoms with Crippen LogP contribution in [0.5, 0.6) is 0 Å². The molecule has 0 spiro atoms. The molecule has 78 valence electrons. The number of phosphoric ester groups is 1. The van der Waals surface area contributed by atoms with Gasteiger partial charge < -0.3 is 19.6 Å². The predicted molar refractivity (Wildman–Crippen MR) is 38.4 cm³/mol. The number of hydrogen-bond acceptors (Lipinski definition) is 4. The number of phosphoric acid groups is 1. The summed E-state index contributed by atoms with van der Waals surface area (Å²) in [6.07, 6.45) is -4.08. The second-order valence-corrected chi connectivity index (χ2v) is 3.83. The third kappa shape index (κ3) is 3.30. The van der Waals surface area contributed by atoms with Gasteiger partial charge in [0, 0.05) is 6.42 Å². The first-order valence-electron chi connectivity index (χ1n) is 3.56. The SMILES string of the molecule is O=P(O)(O)OC1C[C@H](F)[C@@H](CO)O1. The first-order valence-corrected chi connectivity index (χ1v) is 5.10. The molecule has 0 aromatic heterocycles. The predicted octanol–water partition coefficient (Wildman–Crippen LogP) is -0.459. The molecule has 1 aliphatic rings. The lowest BCUT2D eigenvalue weighted by Crippen LogP contribution is -2.21. The van der Waals surface area contributed by atoms with Gasteiger partial charge in [0.1, 0.15) is 12.3 Å². The van der Waals surface area contributed by atoms with Gasteiger partial charge in [0.25, 0.3) is 0 Å². The highest BCUT2D eigenvalue weighted by Crippen LogP contribution is 2.41. The highest BCUT2D eigenvalue weighted by Gasteiger charge is 2.38. The van der Waals surface area contributed by atoms with Crippen LogP contribution < -0.4 is 0 Å². The first-order chi connectivity index (χ1) is 5.92. The zero-order chi connectivity index (χ0) is 10.1. The van der Waals surface area contributed by atoms with Crippen LogP contribution in [-0.2, 0) is 13.8 Å². The Balaban J connectivity index is 2.45. The third-order valence-electron chi connectivity index (χ3n) is 1.58. The molecule has 0 bridgehead atoms. The summed E-state index contributed by atoms with van der Waals surface area (Å²) < 4.78 is 31.8. The molecule has 0 amide bonds. The van der Waals surface area contributed by atoms with Crippen molar-refractivity contribution in [3.63, 3.8) is 0 Å². The zero-order valence-corrected chi connectivity index (χ0v) is 7.43. The van der Waals surface area contributed by atoms with E-state index in [1.807, 2.05) is 0 Å². The highest BCUT2D eigenvalue weighted by molar-refractivity contribution is 7.46. The third-order valence-corrected chi connectivity index (χ3v) is 2.09. The zero-order valence-electron chi connectivity index (χ0n) is 6.54. The molecule has 1 aliphatic heterocycles. The number of aliphatic hydroxyl groups excluding tert-OH is 1. The minimum atomic E-state index is -4.65. The van der Waals surface area contributed by atoms with E-state index in [0.29, 0.717) is 0 Å². The fraction of sp³-hybridized carbons (Fsp3) is 1.00. The summed E-state index contributed by atoms with van der Waals surface area (Å²) in [5, 5.41) is 8.54. The van der Waals surface area contributed by atoms with Crippen molar-refractivity contribution in [3.8, 4) is 0 Å². The van der Waals surface area contributed by atoms with Crippen molar-refractivity contribution >= 4 is 7.82 Å². The molecular weight excluding hydrogens is 206 g/mol. The van der Waals surface area contributed by atoms with Crippen molar-refractivity contribution in [1.82, 2.24) is 0 Å². The Bertz CT molecular complexity index is 217. The van der Waals surface area contributed by atoms with Crippen LogP contribution in [0.25, 0.3) is 0 Å². The number of ether oxygens (including phenoxy) is 1. The van der Waals surface area contributed by atoms with Gasteiger partial charge in [-0.15, -0.1) is 0 Å². The normalized spacial score (nSPS) is 35.2. The number of halogens is 1. The molecular formula is C5H10FO6P. The van der Waals surface area contributed by atoms with Gasteiger partial charge in [0.15, 0.2) is 6.29 Å². The quantitative estimate of drug-likeness (QED) is 0.552. The summed E-state index contributed by atoms with van der Waals surface area (Å²) >= 11 is 0. The van der Waals surface area contributed by atoms with Gasteiger partial charge in [-0.3, -0.25) is 4.52 Å². The Hall–Kier alpha value is -0.0400. The largest absolute Gasteiger partial charge is 0.471 e. The van der Waals surface area contributed by atoms with Gasteiger partial charge >= 0.3 is 7.82 Å². The monoisotopic (exact) mass is 216 g/mol. The van der Waals surface area contributed by atoms with Gasteiger partial charge in [-0.25, -0.2) is 8.96 Å². The first kappa shape index (κ1) is 11.0. The van der Waals surface area contributed by atoms with Crippen molar-refractivity contribution in [2.75, 3.05) is 6.61 Å². The van der Waals surface area contributed by atoms with Crippen LogP contribution in [-0.4, -0.2) is 40.1 Å². The summed E-state index contributed by atoms with van der Waals surface area (Å²) in [4.78, 5) is 16.7. The van der Waals surface area contributed by atoms with E-state index in [1.54, 1.807) is 0 Å². The number of rotatable bonds is 3.